The van der Waals surface area contributed by atoms with Gasteiger partial charge in [-0.05, 0) is 44.4 Å². The minimum absolute atomic E-state index is 0.776. The average Bonchev–Trinajstić information content (AvgIpc) is 2.84. The van der Waals surface area contributed by atoms with Gasteiger partial charge in [0.05, 0.1) is 5.69 Å². The molecule has 4 heteroatoms. The number of rotatable bonds is 8. The van der Waals surface area contributed by atoms with Crippen LogP contribution in [-0.4, -0.2) is 22.8 Å². The van der Waals surface area contributed by atoms with E-state index in [4.69, 9.17) is 4.74 Å². The highest BCUT2D eigenvalue weighted by molar-refractivity contribution is 5.54. The SMILES string of the molecule is CCOCCCn1cc(C)nc1Nc1ccc(CC)cc1. The molecule has 0 aliphatic heterocycles. The monoisotopic (exact) mass is 287 g/mol. The van der Waals surface area contributed by atoms with Crippen LogP contribution in [0.4, 0.5) is 11.6 Å². The molecule has 0 saturated carbocycles. The first-order valence-electron chi connectivity index (χ1n) is 7.70. The Morgan fingerprint density at radius 2 is 1.95 bits per heavy atom. The predicted molar refractivity (Wildman–Crippen MR) is 87.2 cm³/mol. The van der Waals surface area contributed by atoms with Crippen molar-refractivity contribution in [2.75, 3.05) is 18.5 Å². The molecule has 0 aliphatic rings. The van der Waals surface area contributed by atoms with E-state index in [0.717, 1.165) is 49.9 Å². The summed E-state index contributed by atoms with van der Waals surface area (Å²) in [5.74, 6) is 0.897. The van der Waals surface area contributed by atoms with E-state index < -0.39 is 0 Å². The van der Waals surface area contributed by atoms with Crippen LogP contribution in [0.25, 0.3) is 0 Å². The highest BCUT2D eigenvalue weighted by atomic mass is 16.5. The van der Waals surface area contributed by atoms with E-state index in [-0.39, 0.29) is 0 Å². The minimum atomic E-state index is 0.776. The Morgan fingerprint density at radius 3 is 2.62 bits per heavy atom. The Bertz CT molecular complexity index is 546. The maximum absolute atomic E-state index is 5.39. The first-order valence-corrected chi connectivity index (χ1v) is 7.70. The summed E-state index contributed by atoms with van der Waals surface area (Å²) in [6.45, 7) is 8.68. The van der Waals surface area contributed by atoms with Crippen LogP contribution < -0.4 is 5.32 Å². The number of ether oxygens (including phenoxy) is 1. The number of hydrogen-bond acceptors (Lipinski definition) is 3. The Labute approximate surface area is 127 Å². The van der Waals surface area contributed by atoms with Gasteiger partial charge < -0.3 is 14.6 Å². The molecule has 0 spiro atoms. The molecule has 0 unspecified atom stereocenters. The molecule has 1 aromatic carbocycles. The standard InChI is InChI=1S/C17H25N3O/c1-4-15-7-9-16(10-8-15)19-17-18-14(3)13-20(17)11-6-12-21-5-2/h7-10,13H,4-6,11-12H2,1-3H3,(H,18,19). The molecule has 4 nitrogen and oxygen atoms in total. The highest BCUT2D eigenvalue weighted by Gasteiger charge is 2.06. The molecule has 1 heterocycles. The van der Waals surface area contributed by atoms with Crippen molar-refractivity contribution in [1.29, 1.82) is 0 Å². The number of hydrogen-bond donors (Lipinski definition) is 1. The molecule has 0 saturated heterocycles. The summed E-state index contributed by atoms with van der Waals surface area (Å²) in [5.41, 5.74) is 3.44. The van der Waals surface area contributed by atoms with Crippen molar-refractivity contribution in [2.45, 2.75) is 40.2 Å². The smallest absolute Gasteiger partial charge is 0.207 e. The largest absolute Gasteiger partial charge is 0.382 e. The molecule has 0 bridgehead atoms. The number of imidazole rings is 1. The van der Waals surface area contributed by atoms with Gasteiger partial charge in [-0.2, -0.15) is 0 Å². The summed E-state index contributed by atoms with van der Waals surface area (Å²) >= 11 is 0. The summed E-state index contributed by atoms with van der Waals surface area (Å²) in [4.78, 5) is 4.56. The van der Waals surface area contributed by atoms with Crippen LogP contribution in [-0.2, 0) is 17.7 Å². The molecular formula is C17H25N3O. The van der Waals surface area contributed by atoms with Gasteiger partial charge in [0, 0.05) is 31.6 Å². The molecule has 2 rings (SSSR count). The normalized spacial score (nSPS) is 10.8. The fourth-order valence-corrected chi connectivity index (χ4v) is 2.25. The Morgan fingerprint density at radius 1 is 1.19 bits per heavy atom. The summed E-state index contributed by atoms with van der Waals surface area (Å²) in [5, 5.41) is 3.40. The van der Waals surface area contributed by atoms with E-state index in [1.54, 1.807) is 0 Å². The quantitative estimate of drug-likeness (QED) is 0.748. The molecule has 0 atom stereocenters. The van der Waals surface area contributed by atoms with Gasteiger partial charge in [-0.15, -0.1) is 0 Å². The van der Waals surface area contributed by atoms with Crippen LogP contribution in [0.15, 0.2) is 30.5 Å². The van der Waals surface area contributed by atoms with Gasteiger partial charge in [0.25, 0.3) is 0 Å². The summed E-state index contributed by atoms with van der Waals surface area (Å²) in [6.07, 6.45) is 4.13. The Kier molecular flexibility index (Phi) is 5.81. The fourth-order valence-electron chi connectivity index (χ4n) is 2.25. The third-order valence-corrected chi connectivity index (χ3v) is 3.41. The number of aryl methyl sites for hydroxylation is 3. The van der Waals surface area contributed by atoms with Crippen LogP contribution in [0, 0.1) is 6.92 Å². The van der Waals surface area contributed by atoms with Crippen molar-refractivity contribution in [1.82, 2.24) is 9.55 Å². The molecule has 0 amide bonds. The maximum atomic E-state index is 5.39. The van der Waals surface area contributed by atoms with Crippen LogP contribution in [0.3, 0.4) is 0 Å². The lowest BCUT2D eigenvalue weighted by Gasteiger charge is -2.10. The van der Waals surface area contributed by atoms with Crippen LogP contribution >= 0.6 is 0 Å². The zero-order chi connectivity index (χ0) is 15.1. The predicted octanol–water partition coefficient (Wildman–Crippen LogP) is 3.92. The van der Waals surface area contributed by atoms with Crippen molar-refractivity contribution in [3.05, 3.63) is 41.7 Å². The summed E-state index contributed by atoms with van der Waals surface area (Å²) < 4.78 is 7.55. The first kappa shape index (κ1) is 15.6. The third kappa shape index (κ3) is 4.60. The summed E-state index contributed by atoms with van der Waals surface area (Å²) in [7, 11) is 0. The number of aromatic nitrogens is 2. The zero-order valence-electron chi connectivity index (χ0n) is 13.2. The molecule has 1 N–H and O–H groups in total. The second kappa shape index (κ2) is 7.84. The second-order valence-electron chi connectivity index (χ2n) is 5.13. The number of benzene rings is 1. The van der Waals surface area contributed by atoms with E-state index in [2.05, 4.69) is 52.3 Å². The molecule has 2 aromatic rings. The van der Waals surface area contributed by atoms with Gasteiger partial charge in [0.15, 0.2) is 0 Å². The van der Waals surface area contributed by atoms with Crippen molar-refractivity contribution in [3.63, 3.8) is 0 Å². The van der Waals surface area contributed by atoms with Crippen LogP contribution in [0.1, 0.15) is 31.5 Å². The molecule has 0 aliphatic carbocycles. The Balaban J connectivity index is 2.01. The molecule has 0 fully saturated rings. The van der Waals surface area contributed by atoms with E-state index in [1.807, 2.05) is 13.8 Å². The molecule has 0 radical (unpaired) electrons. The lowest BCUT2D eigenvalue weighted by Crippen LogP contribution is -2.06. The van der Waals surface area contributed by atoms with Crippen LogP contribution in [0.5, 0.6) is 0 Å². The minimum Gasteiger partial charge on any atom is -0.382 e. The van der Waals surface area contributed by atoms with Crippen LogP contribution in [0.2, 0.25) is 0 Å². The molecule has 114 valence electrons. The lowest BCUT2D eigenvalue weighted by molar-refractivity contribution is 0.142. The van der Waals surface area contributed by atoms with Gasteiger partial charge in [0.2, 0.25) is 5.95 Å². The van der Waals surface area contributed by atoms with Gasteiger partial charge in [-0.3, -0.25) is 0 Å². The zero-order valence-corrected chi connectivity index (χ0v) is 13.2. The number of nitrogens with one attached hydrogen (secondary N) is 1. The van der Waals surface area contributed by atoms with Crippen molar-refractivity contribution in [2.24, 2.45) is 0 Å². The summed E-state index contributed by atoms with van der Waals surface area (Å²) in [6, 6.07) is 8.51. The van der Waals surface area contributed by atoms with Crippen molar-refractivity contribution in [3.8, 4) is 0 Å². The average molecular weight is 287 g/mol. The highest BCUT2D eigenvalue weighted by Crippen LogP contribution is 2.17. The van der Waals surface area contributed by atoms with Gasteiger partial charge in [-0.1, -0.05) is 19.1 Å². The molecular weight excluding hydrogens is 262 g/mol. The van der Waals surface area contributed by atoms with Gasteiger partial charge >= 0.3 is 0 Å². The maximum Gasteiger partial charge on any atom is 0.207 e. The number of nitrogens with zero attached hydrogens (tertiary/aromatic N) is 2. The number of anilines is 2. The molecule has 1 aromatic heterocycles. The van der Waals surface area contributed by atoms with Gasteiger partial charge in [0.1, 0.15) is 0 Å². The lowest BCUT2D eigenvalue weighted by atomic mass is 10.1. The fraction of sp³-hybridized carbons (Fsp3) is 0.471. The van der Waals surface area contributed by atoms with E-state index in [9.17, 15) is 0 Å². The first-order chi connectivity index (χ1) is 10.2. The van der Waals surface area contributed by atoms with Crippen molar-refractivity contribution >= 4 is 11.6 Å². The van der Waals surface area contributed by atoms with E-state index in [1.165, 1.54) is 5.56 Å². The molecule has 21 heavy (non-hydrogen) atoms. The van der Waals surface area contributed by atoms with E-state index >= 15 is 0 Å². The van der Waals surface area contributed by atoms with Gasteiger partial charge in [-0.25, -0.2) is 4.98 Å². The Hall–Kier alpha value is -1.81. The third-order valence-electron chi connectivity index (χ3n) is 3.41. The van der Waals surface area contributed by atoms with E-state index in [0.29, 0.717) is 0 Å². The topological polar surface area (TPSA) is 39.1 Å². The second-order valence-corrected chi connectivity index (χ2v) is 5.13. The van der Waals surface area contributed by atoms with Crippen molar-refractivity contribution < 1.29 is 4.74 Å².